The summed E-state index contributed by atoms with van der Waals surface area (Å²) in [5.74, 6) is -0.376. The highest BCUT2D eigenvalue weighted by molar-refractivity contribution is 7.89. The maximum Gasteiger partial charge on any atom is 0.251 e. The van der Waals surface area contributed by atoms with Crippen molar-refractivity contribution in [3.8, 4) is 0 Å². The SMILES string of the molecule is O=C(NCCNS(=O)(=O)c1ccc(Cl)cc1)c1ccc(Cl)c(Cl)c1. The Morgan fingerprint density at radius 1 is 0.917 bits per heavy atom. The Morgan fingerprint density at radius 2 is 1.58 bits per heavy atom. The first-order chi connectivity index (χ1) is 11.3. The number of nitrogens with one attached hydrogen (secondary N) is 2. The maximum atomic E-state index is 12.0. The fourth-order valence-electron chi connectivity index (χ4n) is 1.80. The molecule has 24 heavy (non-hydrogen) atoms. The number of carbonyl (C=O) groups excluding carboxylic acids is 1. The van der Waals surface area contributed by atoms with E-state index in [0.717, 1.165) is 0 Å². The van der Waals surface area contributed by atoms with Crippen LogP contribution in [0.5, 0.6) is 0 Å². The molecule has 0 aliphatic carbocycles. The van der Waals surface area contributed by atoms with E-state index in [-0.39, 0.29) is 28.9 Å². The summed E-state index contributed by atoms with van der Waals surface area (Å²) in [6.45, 7) is 0.157. The summed E-state index contributed by atoms with van der Waals surface area (Å²) in [5.41, 5.74) is 0.338. The fraction of sp³-hybridized carbons (Fsp3) is 0.133. The van der Waals surface area contributed by atoms with Crippen molar-refractivity contribution < 1.29 is 13.2 Å². The number of hydrogen-bond donors (Lipinski definition) is 2. The summed E-state index contributed by atoms with van der Waals surface area (Å²) < 4.78 is 26.5. The molecule has 2 aromatic carbocycles. The molecule has 2 rings (SSSR count). The molecule has 9 heteroatoms. The number of sulfonamides is 1. The molecule has 1 amide bonds. The summed E-state index contributed by atoms with van der Waals surface area (Å²) >= 11 is 17.3. The van der Waals surface area contributed by atoms with Crippen molar-refractivity contribution in [2.45, 2.75) is 4.90 Å². The van der Waals surface area contributed by atoms with Crippen molar-refractivity contribution in [1.82, 2.24) is 10.0 Å². The highest BCUT2D eigenvalue weighted by Gasteiger charge is 2.13. The molecular weight excluding hydrogens is 395 g/mol. The zero-order valence-electron chi connectivity index (χ0n) is 12.2. The molecule has 128 valence electrons. The van der Waals surface area contributed by atoms with Gasteiger partial charge in [-0.25, -0.2) is 13.1 Å². The average molecular weight is 408 g/mol. The molecule has 2 aromatic rings. The molecule has 0 aromatic heterocycles. The van der Waals surface area contributed by atoms with Gasteiger partial charge in [-0.2, -0.15) is 0 Å². The lowest BCUT2D eigenvalue weighted by molar-refractivity contribution is 0.0954. The smallest absolute Gasteiger partial charge is 0.251 e. The van der Waals surface area contributed by atoms with Crippen LogP contribution in [0.4, 0.5) is 0 Å². The Bertz CT molecular complexity index is 840. The molecule has 0 heterocycles. The molecule has 0 saturated carbocycles. The van der Waals surface area contributed by atoms with Gasteiger partial charge in [0.1, 0.15) is 0 Å². The third-order valence-corrected chi connectivity index (χ3v) is 5.48. The lowest BCUT2D eigenvalue weighted by Crippen LogP contribution is -2.34. The summed E-state index contributed by atoms with van der Waals surface area (Å²) in [6, 6.07) is 10.3. The van der Waals surface area contributed by atoms with Crippen LogP contribution in [0.15, 0.2) is 47.4 Å². The van der Waals surface area contributed by atoms with Gasteiger partial charge in [-0.15, -0.1) is 0 Å². The molecule has 0 fully saturated rings. The van der Waals surface area contributed by atoms with Crippen molar-refractivity contribution >= 4 is 50.7 Å². The van der Waals surface area contributed by atoms with Gasteiger partial charge in [0.05, 0.1) is 14.9 Å². The van der Waals surface area contributed by atoms with E-state index in [1.54, 1.807) is 0 Å². The topological polar surface area (TPSA) is 75.3 Å². The van der Waals surface area contributed by atoms with Crippen molar-refractivity contribution in [3.05, 3.63) is 63.1 Å². The van der Waals surface area contributed by atoms with Crippen molar-refractivity contribution in [2.24, 2.45) is 0 Å². The second-order valence-corrected chi connectivity index (χ2v) is 7.75. The summed E-state index contributed by atoms with van der Waals surface area (Å²) in [7, 11) is -3.65. The van der Waals surface area contributed by atoms with E-state index in [0.29, 0.717) is 15.6 Å². The zero-order chi connectivity index (χ0) is 17.7. The minimum Gasteiger partial charge on any atom is -0.351 e. The van der Waals surface area contributed by atoms with Crippen LogP contribution in [0.25, 0.3) is 0 Å². The molecular formula is C15H13Cl3N2O3S. The normalized spacial score (nSPS) is 11.3. The summed E-state index contributed by atoms with van der Waals surface area (Å²) in [6.07, 6.45) is 0. The van der Waals surface area contributed by atoms with Crippen LogP contribution in [-0.2, 0) is 10.0 Å². The Kier molecular flexibility index (Phi) is 6.48. The third kappa shape index (κ3) is 5.09. The first-order valence-electron chi connectivity index (χ1n) is 6.78. The van der Waals surface area contributed by atoms with E-state index in [9.17, 15) is 13.2 Å². The monoisotopic (exact) mass is 406 g/mol. The predicted molar refractivity (Wildman–Crippen MR) is 95.4 cm³/mol. The van der Waals surface area contributed by atoms with Crippen LogP contribution in [0.2, 0.25) is 15.1 Å². The number of rotatable bonds is 6. The Balaban J connectivity index is 1.86. The minimum absolute atomic E-state index is 0.0397. The molecule has 0 aliphatic heterocycles. The standard InChI is InChI=1S/C15H13Cl3N2O3S/c16-11-2-4-12(5-3-11)24(22,23)20-8-7-19-15(21)10-1-6-13(17)14(18)9-10/h1-6,9,20H,7-8H2,(H,19,21). The number of hydrogen-bond acceptors (Lipinski definition) is 3. The highest BCUT2D eigenvalue weighted by atomic mass is 35.5. The second kappa shape index (κ2) is 8.18. The molecule has 0 unspecified atom stereocenters. The number of amides is 1. The number of halogens is 3. The molecule has 0 bridgehead atoms. The predicted octanol–water partition coefficient (Wildman–Crippen LogP) is 3.36. The van der Waals surface area contributed by atoms with Crippen molar-refractivity contribution in [1.29, 1.82) is 0 Å². The summed E-state index contributed by atoms with van der Waals surface area (Å²) in [5, 5.41) is 3.66. The number of carbonyl (C=O) groups is 1. The second-order valence-electron chi connectivity index (χ2n) is 4.74. The lowest BCUT2D eigenvalue weighted by atomic mass is 10.2. The van der Waals surface area contributed by atoms with Crippen LogP contribution in [-0.4, -0.2) is 27.4 Å². The fourth-order valence-corrected chi connectivity index (χ4v) is 3.25. The number of benzene rings is 2. The lowest BCUT2D eigenvalue weighted by Gasteiger charge is -2.08. The van der Waals surface area contributed by atoms with Crippen molar-refractivity contribution in [3.63, 3.8) is 0 Å². The molecule has 2 N–H and O–H groups in total. The van der Waals surface area contributed by atoms with E-state index in [4.69, 9.17) is 34.8 Å². The average Bonchev–Trinajstić information content (AvgIpc) is 2.54. The van der Waals surface area contributed by atoms with Crippen LogP contribution < -0.4 is 10.0 Å². The zero-order valence-corrected chi connectivity index (χ0v) is 15.3. The van der Waals surface area contributed by atoms with Crippen LogP contribution in [0.3, 0.4) is 0 Å². The molecule has 0 saturated heterocycles. The first-order valence-corrected chi connectivity index (χ1v) is 9.40. The van der Waals surface area contributed by atoms with Gasteiger partial charge in [0.25, 0.3) is 5.91 Å². The van der Waals surface area contributed by atoms with Gasteiger partial charge in [0, 0.05) is 23.7 Å². The Labute approximate surface area is 155 Å². The van der Waals surface area contributed by atoms with E-state index in [2.05, 4.69) is 10.0 Å². The van der Waals surface area contributed by atoms with E-state index in [1.807, 2.05) is 0 Å². The molecule has 0 spiro atoms. The van der Waals surface area contributed by atoms with Crippen LogP contribution in [0.1, 0.15) is 10.4 Å². The van der Waals surface area contributed by atoms with Gasteiger partial charge in [-0.05, 0) is 42.5 Å². The van der Waals surface area contributed by atoms with Crippen LogP contribution >= 0.6 is 34.8 Å². The van der Waals surface area contributed by atoms with Gasteiger partial charge in [0.2, 0.25) is 10.0 Å². The van der Waals surface area contributed by atoms with E-state index < -0.39 is 10.0 Å². The quantitative estimate of drug-likeness (QED) is 0.721. The molecule has 0 atom stereocenters. The van der Waals surface area contributed by atoms with Gasteiger partial charge in [-0.1, -0.05) is 34.8 Å². The third-order valence-electron chi connectivity index (χ3n) is 3.01. The van der Waals surface area contributed by atoms with Gasteiger partial charge < -0.3 is 5.32 Å². The van der Waals surface area contributed by atoms with Gasteiger partial charge in [-0.3, -0.25) is 4.79 Å². The largest absolute Gasteiger partial charge is 0.351 e. The van der Waals surface area contributed by atoms with Gasteiger partial charge in [0.15, 0.2) is 0 Å². The first kappa shape index (κ1) is 19.0. The van der Waals surface area contributed by atoms with Crippen molar-refractivity contribution in [2.75, 3.05) is 13.1 Å². The molecule has 0 radical (unpaired) electrons. The van der Waals surface area contributed by atoms with Gasteiger partial charge >= 0.3 is 0 Å². The Morgan fingerprint density at radius 3 is 2.21 bits per heavy atom. The van der Waals surface area contributed by atoms with E-state index >= 15 is 0 Å². The minimum atomic E-state index is -3.65. The summed E-state index contributed by atoms with van der Waals surface area (Å²) in [4.78, 5) is 12.0. The van der Waals surface area contributed by atoms with E-state index in [1.165, 1.54) is 42.5 Å². The van der Waals surface area contributed by atoms with Crippen LogP contribution in [0, 0.1) is 0 Å². The Hall–Kier alpha value is -1.31. The molecule has 5 nitrogen and oxygen atoms in total. The maximum absolute atomic E-state index is 12.0. The highest BCUT2D eigenvalue weighted by Crippen LogP contribution is 2.22. The molecule has 0 aliphatic rings.